The van der Waals surface area contributed by atoms with Gasteiger partial charge < -0.3 is 4.42 Å². The molecule has 0 saturated heterocycles. The maximum absolute atomic E-state index is 6.49. The molecule has 3 aromatic heterocycles. The van der Waals surface area contributed by atoms with Crippen molar-refractivity contribution in [1.82, 2.24) is 9.97 Å². The quantitative estimate of drug-likeness (QED) is 0.263. The minimum atomic E-state index is 0.175. The number of aryl methyl sites for hydroxylation is 1. The van der Waals surface area contributed by atoms with Crippen molar-refractivity contribution in [3.8, 4) is 11.1 Å². The lowest BCUT2D eigenvalue weighted by atomic mass is 9.81. The number of fused-ring (bicyclic) bond motifs is 3. The second-order valence-electron chi connectivity index (χ2n) is 11.5. The van der Waals surface area contributed by atoms with Crippen LogP contribution in [0.15, 0.2) is 70.8 Å². The van der Waals surface area contributed by atoms with Crippen molar-refractivity contribution in [3.63, 3.8) is 0 Å². The molecule has 37 heavy (non-hydrogen) atoms. The number of furan rings is 1. The lowest BCUT2D eigenvalue weighted by molar-refractivity contribution is 0.506. The van der Waals surface area contributed by atoms with Gasteiger partial charge in [-0.3, -0.25) is 4.98 Å². The first-order valence-corrected chi connectivity index (χ1v) is 13.5. The van der Waals surface area contributed by atoms with Crippen molar-refractivity contribution in [1.29, 1.82) is 0 Å². The van der Waals surface area contributed by atoms with E-state index in [4.69, 9.17) is 14.4 Å². The van der Waals surface area contributed by atoms with Crippen LogP contribution in [-0.2, 0) is 5.41 Å². The van der Waals surface area contributed by atoms with Gasteiger partial charge in [0.1, 0.15) is 5.42 Å². The van der Waals surface area contributed by atoms with E-state index in [9.17, 15) is 0 Å². The van der Waals surface area contributed by atoms with Crippen LogP contribution in [0.4, 0.5) is 0 Å². The Hall–Kier alpha value is -3.46. The Morgan fingerprint density at radius 1 is 1.08 bits per heavy atom. The predicted molar refractivity (Wildman–Crippen MR) is 155 cm³/mol. The van der Waals surface area contributed by atoms with E-state index in [0.717, 1.165) is 45.8 Å². The van der Waals surface area contributed by atoms with Crippen molar-refractivity contribution < 1.29 is 4.42 Å². The van der Waals surface area contributed by atoms with Gasteiger partial charge in [-0.25, -0.2) is 4.98 Å². The summed E-state index contributed by atoms with van der Waals surface area (Å²) >= 11 is 0. The van der Waals surface area contributed by atoms with Crippen molar-refractivity contribution >= 4 is 22.7 Å². The van der Waals surface area contributed by atoms with Crippen LogP contribution in [-0.4, -0.2) is 9.97 Å². The van der Waals surface area contributed by atoms with Crippen LogP contribution in [0.25, 0.3) is 33.9 Å². The highest BCUT2D eigenvalue weighted by Gasteiger charge is 2.26. The molecule has 190 valence electrons. The fourth-order valence-corrected chi connectivity index (χ4v) is 5.43. The van der Waals surface area contributed by atoms with Crippen LogP contribution < -0.4 is 10.6 Å². The third-order valence-corrected chi connectivity index (χ3v) is 7.95. The molecule has 3 nitrogen and oxygen atoms in total. The zero-order valence-electron chi connectivity index (χ0n) is 23.2. The molecule has 1 aliphatic rings. The van der Waals surface area contributed by atoms with Crippen LogP contribution in [0.2, 0.25) is 0 Å². The molecular formula is C34H38N2O. The van der Waals surface area contributed by atoms with Gasteiger partial charge in [0.05, 0.1) is 5.69 Å². The Balaban J connectivity index is 1.69. The number of pyridine rings is 2. The normalized spacial score (nSPS) is 16.3. The monoisotopic (exact) mass is 490 g/mol. The van der Waals surface area contributed by atoms with E-state index < -0.39 is 0 Å². The van der Waals surface area contributed by atoms with Crippen LogP contribution in [0.1, 0.15) is 71.3 Å². The van der Waals surface area contributed by atoms with Gasteiger partial charge in [0.25, 0.3) is 0 Å². The van der Waals surface area contributed by atoms with E-state index in [0.29, 0.717) is 11.6 Å². The number of rotatable bonds is 6. The number of aromatic nitrogens is 2. The predicted octanol–water partition coefficient (Wildman–Crippen LogP) is 7.49. The molecule has 1 unspecified atom stereocenters. The number of allylic oxidation sites excluding steroid dienone is 2. The van der Waals surface area contributed by atoms with Gasteiger partial charge in [-0.2, -0.15) is 0 Å². The Bertz CT molecular complexity index is 1600. The molecular weight excluding hydrogens is 452 g/mol. The lowest BCUT2D eigenvalue weighted by Gasteiger charge is -2.24. The third-order valence-electron chi connectivity index (χ3n) is 7.95. The number of hydrogen-bond donors (Lipinski definition) is 0. The van der Waals surface area contributed by atoms with E-state index in [1.54, 1.807) is 0 Å². The summed E-state index contributed by atoms with van der Waals surface area (Å²) in [5.41, 5.74) is 9.98. The summed E-state index contributed by atoms with van der Waals surface area (Å²) in [4.78, 5) is 9.59. The second-order valence-corrected chi connectivity index (χ2v) is 11.5. The van der Waals surface area contributed by atoms with Crippen LogP contribution in [0.3, 0.4) is 0 Å². The fraction of sp³-hybridized carbons (Fsp3) is 0.353. The van der Waals surface area contributed by atoms with Crippen LogP contribution in [0, 0.1) is 18.8 Å². The first kappa shape index (κ1) is 25.2. The summed E-state index contributed by atoms with van der Waals surface area (Å²) in [5.74, 6) is 0.694. The number of benzene rings is 1. The molecule has 1 aromatic carbocycles. The maximum atomic E-state index is 6.49. The first-order chi connectivity index (χ1) is 17.7. The zero-order valence-corrected chi connectivity index (χ0v) is 23.2. The average Bonchev–Trinajstić information content (AvgIpc) is 3.25. The van der Waals surface area contributed by atoms with E-state index >= 15 is 0 Å². The smallest absolute Gasteiger partial charge is 0.227 e. The minimum absolute atomic E-state index is 0.175. The fourth-order valence-electron chi connectivity index (χ4n) is 5.43. The number of nitrogens with zero attached hydrogens (tertiary/aromatic N) is 2. The molecule has 1 aliphatic carbocycles. The maximum Gasteiger partial charge on any atom is 0.227 e. The van der Waals surface area contributed by atoms with E-state index in [1.165, 1.54) is 22.3 Å². The summed E-state index contributed by atoms with van der Waals surface area (Å²) in [5, 5.41) is 2.22. The van der Waals surface area contributed by atoms with Gasteiger partial charge in [0, 0.05) is 34.0 Å². The van der Waals surface area contributed by atoms with Gasteiger partial charge in [-0.15, -0.1) is 0 Å². The largest absolute Gasteiger partial charge is 0.437 e. The van der Waals surface area contributed by atoms with Gasteiger partial charge in [-0.1, -0.05) is 76.6 Å². The van der Waals surface area contributed by atoms with E-state index in [2.05, 4.69) is 102 Å². The molecule has 0 saturated carbocycles. The molecule has 3 heterocycles. The molecule has 5 rings (SSSR count). The Kier molecular flexibility index (Phi) is 6.66. The van der Waals surface area contributed by atoms with Crippen molar-refractivity contribution in [2.45, 2.75) is 66.7 Å². The van der Waals surface area contributed by atoms with Crippen molar-refractivity contribution in [2.24, 2.45) is 11.8 Å². The molecule has 0 N–H and O–H groups in total. The van der Waals surface area contributed by atoms with Crippen LogP contribution >= 0.6 is 0 Å². The standard InChI is InChI=1S/C34H38N2O/c1-8-34(6,7)26-12-10-24(11-13-26)25-17-18-35-30(20-25)31-27(22(4)19-21(2)3)15-16-28-29-14-9-23(5)36-33(29)37-32(28)31/h9-14,16-21,27H,8,15H2,1-7H3/b22-19+. The molecule has 0 fully saturated rings. The summed E-state index contributed by atoms with van der Waals surface area (Å²) < 4.78 is 6.49. The molecule has 0 aliphatic heterocycles. The summed E-state index contributed by atoms with van der Waals surface area (Å²) in [6.07, 6.45) is 8.66. The van der Waals surface area contributed by atoms with E-state index in [1.807, 2.05) is 13.1 Å². The minimum Gasteiger partial charge on any atom is -0.437 e. The summed E-state index contributed by atoms with van der Waals surface area (Å²) in [7, 11) is 0. The molecule has 3 heteroatoms. The Morgan fingerprint density at radius 2 is 1.84 bits per heavy atom. The van der Waals surface area contributed by atoms with E-state index in [-0.39, 0.29) is 11.3 Å². The van der Waals surface area contributed by atoms with Gasteiger partial charge in [-0.05, 0) is 79.0 Å². The third kappa shape index (κ3) is 4.80. The van der Waals surface area contributed by atoms with Gasteiger partial charge in [0.15, 0.2) is 0 Å². The average molecular weight is 491 g/mol. The molecule has 0 amide bonds. The van der Waals surface area contributed by atoms with Gasteiger partial charge >= 0.3 is 0 Å². The molecule has 0 bridgehead atoms. The van der Waals surface area contributed by atoms with Crippen LogP contribution in [0.5, 0.6) is 0 Å². The molecule has 1 atom stereocenters. The van der Waals surface area contributed by atoms with Crippen molar-refractivity contribution in [3.05, 3.63) is 94.0 Å². The summed E-state index contributed by atoms with van der Waals surface area (Å²) in [6, 6.07) is 17.5. The highest BCUT2D eigenvalue weighted by molar-refractivity contribution is 5.81. The topological polar surface area (TPSA) is 38.9 Å². The second kappa shape index (κ2) is 9.78. The van der Waals surface area contributed by atoms with Gasteiger partial charge in [0.2, 0.25) is 5.71 Å². The number of hydrogen-bond acceptors (Lipinski definition) is 3. The lowest BCUT2D eigenvalue weighted by Crippen LogP contribution is -2.31. The molecule has 0 radical (unpaired) electrons. The molecule has 0 spiro atoms. The highest BCUT2D eigenvalue weighted by atomic mass is 16.3. The SMILES string of the molecule is CCC(C)(C)c1ccc(-c2ccnc(C3=c4oc5nc(C)ccc5c4=CCC3/C(C)=C/C(C)C)c2)cc1. The van der Waals surface area contributed by atoms with Crippen molar-refractivity contribution in [2.75, 3.05) is 0 Å². The first-order valence-electron chi connectivity index (χ1n) is 13.5. The Morgan fingerprint density at radius 3 is 2.54 bits per heavy atom. The molecule has 4 aromatic rings. The highest BCUT2D eigenvalue weighted by Crippen LogP contribution is 2.34. The summed E-state index contributed by atoms with van der Waals surface area (Å²) in [6.45, 7) is 15.6. The Labute approximate surface area is 220 Å². The zero-order chi connectivity index (χ0) is 26.3.